The molecule has 2 heterocycles. The number of H-pyrrole nitrogens is 1. The highest BCUT2D eigenvalue weighted by atomic mass is 19.1. The first-order chi connectivity index (χ1) is 15.8. The molecular formula is C24H29FN4O4. The number of hydrogen-bond donors (Lipinski definition) is 2. The number of aromatic hydroxyl groups is 1. The molecule has 0 aliphatic heterocycles. The molecule has 0 atom stereocenters. The lowest BCUT2D eigenvalue weighted by atomic mass is 9.94. The van der Waals surface area contributed by atoms with Crippen LogP contribution in [0.5, 0.6) is 11.5 Å². The van der Waals surface area contributed by atoms with Gasteiger partial charge in [0.2, 0.25) is 0 Å². The van der Waals surface area contributed by atoms with Crippen LogP contribution < -0.4 is 15.4 Å². The Labute approximate surface area is 191 Å². The number of benzene rings is 1. The van der Waals surface area contributed by atoms with Crippen LogP contribution in [-0.4, -0.2) is 33.3 Å². The largest absolute Gasteiger partial charge is 0.504 e. The normalized spacial score (nSPS) is 14.4. The van der Waals surface area contributed by atoms with Crippen LogP contribution in [0, 0.1) is 19.7 Å². The average molecular weight is 457 g/mol. The highest BCUT2D eigenvalue weighted by Crippen LogP contribution is 2.33. The van der Waals surface area contributed by atoms with Gasteiger partial charge in [0.15, 0.2) is 29.0 Å². The number of hydrogen-bond acceptors (Lipinski definition) is 7. The predicted octanol–water partition coefficient (Wildman–Crippen LogP) is 4.16. The maximum atomic E-state index is 15.1. The molecule has 1 aliphatic rings. The number of rotatable bonds is 7. The van der Waals surface area contributed by atoms with Crippen molar-refractivity contribution in [3.8, 4) is 11.5 Å². The van der Waals surface area contributed by atoms with Crippen LogP contribution in [0.2, 0.25) is 0 Å². The minimum Gasteiger partial charge on any atom is -0.504 e. The van der Waals surface area contributed by atoms with E-state index in [1.807, 2.05) is 14.0 Å². The molecule has 3 aromatic rings. The smallest absolute Gasteiger partial charge is 0.439 e. The zero-order valence-electron chi connectivity index (χ0n) is 19.2. The number of ether oxygens (including phenoxy) is 1. The summed E-state index contributed by atoms with van der Waals surface area (Å²) in [4.78, 5) is 20.2. The lowest BCUT2D eigenvalue weighted by Gasteiger charge is -2.32. The van der Waals surface area contributed by atoms with E-state index in [0.29, 0.717) is 23.8 Å². The second-order valence-corrected chi connectivity index (χ2v) is 8.66. The van der Waals surface area contributed by atoms with Crippen molar-refractivity contribution < 1.29 is 18.8 Å². The second-order valence-electron chi connectivity index (χ2n) is 8.66. The highest BCUT2D eigenvalue weighted by molar-refractivity contribution is 5.53. The van der Waals surface area contributed by atoms with Crippen LogP contribution in [-0.2, 0) is 13.0 Å². The van der Waals surface area contributed by atoms with Crippen molar-refractivity contribution in [3.63, 3.8) is 0 Å². The molecule has 2 N–H and O–H groups in total. The van der Waals surface area contributed by atoms with Crippen LogP contribution >= 0.6 is 0 Å². The van der Waals surface area contributed by atoms with E-state index in [0.717, 1.165) is 29.7 Å². The van der Waals surface area contributed by atoms with E-state index in [1.54, 1.807) is 25.1 Å². The third-order valence-electron chi connectivity index (χ3n) is 6.40. The lowest BCUT2D eigenvalue weighted by Crippen LogP contribution is -2.34. The van der Waals surface area contributed by atoms with Crippen molar-refractivity contribution in [2.75, 3.05) is 11.9 Å². The Bertz CT molecular complexity index is 1180. The van der Waals surface area contributed by atoms with E-state index in [9.17, 15) is 9.90 Å². The fraction of sp³-hybridized carbons (Fsp3) is 0.458. The van der Waals surface area contributed by atoms with Crippen molar-refractivity contribution >= 4 is 5.82 Å². The van der Waals surface area contributed by atoms with Gasteiger partial charge in [0.05, 0.1) is 0 Å². The quantitative estimate of drug-likeness (QED) is 0.550. The van der Waals surface area contributed by atoms with E-state index >= 15 is 4.39 Å². The van der Waals surface area contributed by atoms with E-state index in [4.69, 9.17) is 9.72 Å². The van der Waals surface area contributed by atoms with E-state index < -0.39 is 11.6 Å². The topological polar surface area (TPSA) is 104 Å². The van der Waals surface area contributed by atoms with Gasteiger partial charge in [-0.3, -0.25) is 9.51 Å². The lowest BCUT2D eigenvalue weighted by molar-refractivity contribution is 0.271. The Hall–Kier alpha value is -3.36. The minimum atomic E-state index is -0.688. The standard InChI is InChI=1S/C24H29FN4O4/c1-14-11-20(32-13-21-27-24(31)33-28-21)22(25)15(2)18(14)12-16-9-10-19(30)23(26-16)29(3)17-7-5-4-6-8-17/h9-11,17,30H,4-8,12-13H2,1-3H3,(H,27,28,31). The summed E-state index contributed by atoms with van der Waals surface area (Å²) in [6.45, 7) is 3.48. The predicted molar refractivity (Wildman–Crippen MR) is 121 cm³/mol. The first-order valence-electron chi connectivity index (χ1n) is 11.2. The third-order valence-corrected chi connectivity index (χ3v) is 6.40. The number of halogens is 1. The van der Waals surface area contributed by atoms with Crippen LogP contribution in [0.1, 0.15) is 60.3 Å². The zero-order chi connectivity index (χ0) is 23.5. The number of aromatic amines is 1. The maximum absolute atomic E-state index is 15.1. The Morgan fingerprint density at radius 2 is 2.03 bits per heavy atom. The van der Waals surface area contributed by atoms with Crippen LogP contribution in [0.3, 0.4) is 0 Å². The molecule has 4 rings (SSSR count). The summed E-state index contributed by atoms with van der Waals surface area (Å²) in [5.41, 5.74) is 2.90. The maximum Gasteiger partial charge on any atom is 0.439 e. The SMILES string of the molecule is Cc1cc(OCc2noc(=O)[nH]2)c(F)c(C)c1Cc1ccc(O)c(N(C)C2CCCCC2)n1. The van der Waals surface area contributed by atoms with Crippen LogP contribution in [0.15, 0.2) is 27.5 Å². The number of anilines is 1. The molecule has 33 heavy (non-hydrogen) atoms. The van der Waals surface area contributed by atoms with Gasteiger partial charge >= 0.3 is 5.76 Å². The van der Waals surface area contributed by atoms with Crippen LogP contribution in [0.4, 0.5) is 10.2 Å². The van der Waals surface area contributed by atoms with Crippen LogP contribution in [0.25, 0.3) is 0 Å². The van der Waals surface area contributed by atoms with Gasteiger partial charge in [-0.1, -0.05) is 24.4 Å². The van der Waals surface area contributed by atoms with Gasteiger partial charge in [0.25, 0.3) is 0 Å². The van der Waals surface area contributed by atoms with Crippen molar-refractivity contribution in [3.05, 3.63) is 62.8 Å². The molecule has 1 aliphatic carbocycles. The monoisotopic (exact) mass is 456 g/mol. The van der Waals surface area contributed by atoms with E-state index in [-0.39, 0.29) is 23.9 Å². The molecule has 0 amide bonds. The molecule has 0 bridgehead atoms. The summed E-state index contributed by atoms with van der Waals surface area (Å²) in [5, 5.41) is 14.0. The van der Waals surface area contributed by atoms with Gasteiger partial charge in [-0.2, -0.15) is 0 Å². The molecule has 1 aromatic carbocycles. The molecule has 9 heteroatoms. The molecule has 1 fully saturated rings. The van der Waals surface area contributed by atoms with Crippen molar-refractivity contribution in [1.82, 2.24) is 15.1 Å². The van der Waals surface area contributed by atoms with Gasteiger partial charge in [-0.15, -0.1) is 0 Å². The summed E-state index contributed by atoms with van der Waals surface area (Å²) < 4.78 is 25.0. The summed E-state index contributed by atoms with van der Waals surface area (Å²) >= 11 is 0. The summed E-state index contributed by atoms with van der Waals surface area (Å²) in [6.07, 6.45) is 6.24. The molecule has 176 valence electrons. The molecule has 0 saturated heterocycles. The number of nitrogens with zero attached hydrogens (tertiary/aromatic N) is 3. The summed E-state index contributed by atoms with van der Waals surface area (Å²) in [7, 11) is 1.98. The number of aromatic nitrogens is 3. The van der Waals surface area contributed by atoms with Crippen molar-refractivity contribution in [1.29, 1.82) is 0 Å². The molecule has 0 unspecified atom stereocenters. The first kappa shape index (κ1) is 22.8. The molecule has 0 radical (unpaired) electrons. The number of aryl methyl sites for hydroxylation is 1. The van der Waals surface area contributed by atoms with Gasteiger partial charge in [-0.05, 0) is 61.6 Å². The van der Waals surface area contributed by atoms with Crippen molar-refractivity contribution in [2.24, 2.45) is 0 Å². The van der Waals surface area contributed by atoms with E-state index in [1.165, 1.54) is 19.3 Å². The Morgan fingerprint density at radius 3 is 2.73 bits per heavy atom. The molecule has 0 spiro atoms. The van der Waals surface area contributed by atoms with Gasteiger partial charge in [0, 0.05) is 25.2 Å². The summed E-state index contributed by atoms with van der Waals surface area (Å²) in [6, 6.07) is 5.43. The second kappa shape index (κ2) is 9.64. The van der Waals surface area contributed by atoms with Crippen molar-refractivity contribution in [2.45, 2.75) is 65.0 Å². The Kier molecular flexibility index (Phi) is 6.67. The fourth-order valence-corrected chi connectivity index (χ4v) is 4.47. The van der Waals surface area contributed by atoms with Gasteiger partial charge in [-0.25, -0.2) is 14.2 Å². The first-order valence-corrected chi connectivity index (χ1v) is 11.2. The van der Waals surface area contributed by atoms with E-state index in [2.05, 4.69) is 19.6 Å². The van der Waals surface area contributed by atoms with Gasteiger partial charge < -0.3 is 14.7 Å². The minimum absolute atomic E-state index is 0.0778. The summed E-state index contributed by atoms with van der Waals surface area (Å²) in [5.74, 6) is -0.181. The molecular weight excluding hydrogens is 427 g/mol. The number of nitrogens with one attached hydrogen (secondary N) is 1. The third kappa shape index (κ3) is 5.02. The average Bonchev–Trinajstić information content (AvgIpc) is 3.24. The fourth-order valence-electron chi connectivity index (χ4n) is 4.47. The Morgan fingerprint density at radius 1 is 1.27 bits per heavy atom. The molecule has 1 saturated carbocycles. The number of pyridine rings is 1. The zero-order valence-corrected chi connectivity index (χ0v) is 19.2. The molecule has 2 aromatic heterocycles. The van der Waals surface area contributed by atoms with Gasteiger partial charge in [0.1, 0.15) is 6.61 Å². The molecule has 8 nitrogen and oxygen atoms in total. The Balaban J connectivity index is 1.54. The highest BCUT2D eigenvalue weighted by Gasteiger charge is 2.22.